The molecule has 0 N–H and O–H groups in total. The Morgan fingerprint density at radius 1 is 1.27 bits per heavy atom. The van der Waals surface area contributed by atoms with Crippen molar-refractivity contribution in [2.75, 3.05) is 31.1 Å². The van der Waals surface area contributed by atoms with Crippen LogP contribution in [0.1, 0.15) is 16.1 Å². The first-order chi connectivity index (χ1) is 10.7. The van der Waals surface area contributed by atoms with Crippen molar-refractivity contribution in [1.82, 2.24) is 20.0 Å². The molecule has 0 bridgehead atoms. The van der Waals surface area contributed by atoms with Crippen LogP contribution in [-0.2, 0) is 0 Å². The fraction of sp³-hybridized carbons (Fsp3) is 0.467. The molecule has 2 atom stereocenters. The van der Waals surface area contributed by atoms with Crippen LogP contribution in [0.25, 0.3) is 0 Å². The lowest BCUT2D eigenvalue weighted by atomic mass is 10.0. The summed E-state index contributed by atoms with van der Waals surface area (Å²) in [4.78, 5) is 24.9. The highest BCUT2D eigenvalue weighted by Gasteiger charge is 2.42. The quantitative estimate of drug-likeness (QED) is 0.823. The third-order valence-electron chi connectivity index (χ3n) is 4.59. The number of anilines is 1. The van der Waals surface area contributed by atoms with Gasteiger partial charge in [-0.25, -0.2) is 9.97 Å². The van der Waals surface area contributed by atoms with E-state index in [2.05, 4.69) is 20.0 Å². The number of likely N-dealkylation sites (tertiary alicyclic amines) is 1. The highest BCUT2D eigenvalue weighted by Crippen LogP contribution is 2.34. The molecule has 0 aromatic carbocycles. The van der Waals surface area contributed by atoms with Crippen LogP contribution < -0.4 is 4.90 Å². The van der Waals surface area contributed by atoms with E-state index in [1.54, 1.807) is 12.4 Å². The van der Waals surface area contributed by atoms with Gasteiger partial charge in [0.25, 0.3) is 5.91 Å². The normalized spacial score (nSPS) is 23.9. The first-order valence-electron chi connectivity index (χ1n) is 7.44. The summed E-state index contributed by atoms with van der Waals surface area (Å²) in [5.74, 6) is 2.25. The van der Waals surface area contributed by atoms with Crippen molar-refractivity contribution in [3.05, 3.63) is 36.1 Å². The monoisotopic (exact) mass is 299 g/mol. The minimum atomic E-state index is -0.0586. The number of aromatic nitrogens is 3. The van der Waals surface area contributed by atoms with Crippen molar-refractivity contribution >= 4 is 11.7 Å². The fourth-order valence-corrected chi connectivity index (χ4v) is 3.54. The lowest BCUT2D eigenvalue weighted by molar-refractivity contribution is 0.0741. The van der Waals surface area contributed by atoms with Crippen molar-refractivity contribution in [3.8, 4) is 0 Å². The van der Waals surface area contributed by atoms with Crippen LogP contribution in [0, 0.1) is 18.8 Å². The molecular formula is C15H17N5O2. The van der Waals surface area contributed by atoms with Gasteiger partial charge in [-0.15, -0.1) is 0 Å². The third-order valence-corrected chi connectivity index (χ3v) is 4.59. The zero-order valence-electron chi connectivity index (χ0n) is 12.3. The average Bonchev–Trinajstić information content (AvgIpc) is 3.22. The number of aryl methyl sites for hydroxylation is 1. The second kappa shape index (κ2) is 5.08. The zero-order valence-corrected chi connectivity index (χ0v) is 12.3. The summed E-state index contributed by atoms with van der Waals surface area (Å²) in [6, 6.07) is 1.62. The van der Waals surface area contributed by atoms with E-state index in [1.165, 1.54) is 6.20 Å². The fourth-order valence-electron chi connectivity index (χ4n) is 3.54. The summed E-state index contributed by atoms with van der Waals surface area (Å²) in [6.45, 7) is 5.43. The molecule has 7 nitrogen and oxygen atoms in total. The predicted octanol–water partition coefficient (Wildman–Crippen LogP) is 0.981. The number of nitrogens with zero attached hydrogens (tertiary/aromatic N) is 5. The first kappa shape index (κ1) is 13.2. The van der Waals surface area contributed by atoms with Gasteiger partial charge in [0, 0.05) is 55.8 Å². The zero-order chi connectivity index (χ0) is 15.1. The Morgan fingerprint density at radius 2 is 2.05 bits per heavy atom. The van der Waals surface area contributed by atoms with E-state index in [0.717, 1.165) is 37.6 Å². The van der Waals surface area contributed by atoms with Crippen molar-refractivity contribution < 1.29 is 9.32 Å². The maximum Gasteiger partial charge on any atom is 0.292 e. The molecule has 2 fully saturated rings. The summed E-state index contributed by atoms with van der Waals surface area (Å²) in [5, 5.41) is 3.60. The largest absolute Gasteiger partial charge is 0.356 e. The molecule has 2 aliphatic heterocycles. The first-order valence-corrected chi connectivity index (χ1v) is 7.44. The summed E-state index contributed by atoms with van der Waals surface area (Å²) in [6.07, 6.45) is 4.94. The van der Waals surface area contributed by atoms with E-state index in [1.807, 2.05) is 18.0 Å². The van der Waals surface area contributed by atoms with Gasteiger partial charge >= 0.3 is 0 Å². The van der Waals surface area contributed by atoms with Gasteiger partial charge in [0.2, 0.25) is 5.76 Å². The number of carbonyl (C=O) groups excluding carboxylic acids is 1. The van der Waals surface area contributed by atoms with Gasteiger partial charge in [-0.2, -0.15) is 0 Å². The molecule has 0 radical (unpaired) electrons. The minimum absolute atomic E-state index is 0.0586. The van der Waals surface area contributed by atoms with Gasteiger partial charge in [0.1, 0.15) is 12.1 Å². The number of fused-ring (bicyclic) bond motifs is 1. The molecular weight excluding hydrogens is 282 g/mol. The molecule has 4 rings (SSSR count). The van der Waals surface area contributed by atoms with Crippen LogP contribution in [0.15, 0.2) is 29.3 Å². The van der Waals surface area contributed by atoms with E-state index in [4.69, 9.17) is 4.52 Å². The van der Waals surface area contributed by atoms with E-state index in [9.17, 15) is 4.79 Å². The predicted molar refractivity (Wildman–Crippen MR) is 78.4 cm³/mol. The van der Waals surface area contributed by atoms with Gasteiger partial charge in [0.05, 0.1) is 6.20 Å². The number of amides is 1. The molecule has 2 aromatic heterocycles. The lowest BCUT2D eigenvalue weighted by Gasteiger charge is -2.22. The number of carbonyl (C=O) groups is 1. The van der Waals surface area contributed by atoms with Crippen molar-refractivity contribution in [2.45, 2.75) is 6.92 Å². The molecule has 2 saturated heterocycles. The molecule has 2 aliphatic rings. The number of hydrogen-bond donors (Lipinski definition) is 0. The Kier molecular flexibility index (Phi) is 3.06. The second-order valence-electron chi connectivity index (χ2n) is 6.04. The maximum absolute atomic E-state index is 12.3. The Bertz CT molecular complexity index is 673. The van der Waals surface area contributed by atoms with E-state index in [-0.39, 0.29) is 5.91 Å². The van der Waals surface area contributed by atoms with Crippen LogP contribution in [0.2, 0.25) is 0 Å². The van der Waals surface area contributed by atoms with Crippen molar-refractivity contribution in [3.63, 3.8) is 0 Å². The van der Waals surface area contributed by atoms with Gasteiger partial charge in [0.15, 0.2) is 0 Å². The highest BCUT2D eigenvalue weighted by molar-refractivity contribution is 5.91. The molecule has 0 spiro atoms. The smallest absolute Gasteiger partial charge is 0.292 e. The van der Waals surface area contributed by atoms with Gasteiger partial charge in [-0.1, -0.05) is 5.16 Å². The van der Waals surface area contributed by atoms with Crippen molar-refractivity contribution in [2.24, 2.45) is 11.8 Å². The van der Waals surface area contributed by atoms with Crippen molar-refractivity contribution in [1.29, 1.82) is 0 Å². The minimum Gasteiger partial charge on any atom is -0.356 e. The number of hydrogen-bond acceptors (Lipinski definition) is 6. The van der Waals surface area contributed by atoms with E-state index >= 15 is 0 Å². The van der Waals surface area contributed by atoms with Crippen LogP contribution in [0.3, 0.4) is 0 Å². The third kappa shape index (κ3) is 2.13. The summed E-state index contributed by atoms with van der Waals surface area (Å²) < 4.78 is 4.97. The Labute approximate surface area is 127 Å². The molecule has 0 saturated carbocycles. The molecule has 2 aromatic rings. The average molecular weight is 299 g/mol. The Hall–Kier alpha value is -2.44. The van der Waals surface area contributed by atoms with Crippen LogP contribution in [-0.4, -0.2) is 52.1 Å². The maximum atomic E-state index is 12.3. The van der Waals surface area contributed by atoms with Crippen LogP contribution >= 0.6 is 0 Å². The Balaban J connectivity index is 1.45. The highest BCUT2D eigenvalue weighted by atomic mass is 16.5. The van der Waals surface area contributed by atoms with Crippen LogP contribution in [0.4, 0.5) is 5.82 Å². The topological polar surface area (TPSA) is 75.4 Å². The standard InChI is InChI=1S/C15H17N5O2/c1-10-4-16-9-17-14(10)19-5-11-7-20(8-12(11)6-19)15(21)13-2-3-18-22-13/h2-4,9,11-12H,5-8H2,1H3. The SMILES string of the molecule is Cc1cncnc1N1CC2CN(C(=O)c3ccno3)CC2C1. The molecule has 22 heavy (non-hydrogen) atoms. The molecule has 7 heteroatoms. The van der Waals surface area contributed by atoms with Gasteiger partial charge in [-0.05, 0) is 6.92 Å². The molecule has 4 heterocycles. The second-order valence-corrected chi connectivity index (χ2v) is 6.04. The summed E-state index contributed by atoms with van der Waals surface area (Å²) >= 11 is 0. The number of rotatable bonds is 2. The molecule has 2 unspecified atom stereocenters. The van der Waals surface area contributed by atoms with Gasteiger partial charge in [-0.3, -0.25) is 4.79 Å². The van der Waals surface area contributed by atoms with E-state index in [0.29, 0.717) is 17.6 Å². The molecule has 0 aliphatic carbocycles. The van der Waals surface area contributed by atoms with Gasteiger partial charge < -0.3 is 14.3 Å². The Morgan fingerprint density at radius 3 is 2.68 bits per heavy atom. The lowest BCUT2D eigenvalue weighted by Crippen LogP contribution is -2.33. The molecule has 114 valence electrons. The summed E-state index contributed by atoms with van der Waals surface area (Å²) in [5.41, 5.74) is 1.09. The van der Waals surface area contributed by atoms with E-state index < -0.39 is 0 Å². The summed E-state index contributed by atoms with van der Waals surface area (Å²) in [7, 11) is 0. The molecule has 1 amide bonds. The van der Waals surface area contributed by atoms with Crippen LogP contribution in [0.5, 0.6) is 0 Å².